The Morgan fingerprint density at radius 2 is 1.70 bits per heavy atom. The quantitative estimate of drug-likeness (QED) is 0.303. The van der Waals surface area contributed by atoms with Crippen LogP contribution >= 0.6 is 15.9 Å². The van der Waals surface area contributed by atoms with E-state index < -0.39 is 17.8 Å². The molecule has 0 bridgehead atoms. The van der Waals surface area contributed by atoms with Gasteiger partial charge in [-0.15, -0.1) is 0 Å². The molecular weight excluding hydrogens is 453 g/mol. The molecule has 0 atom stereocenters. The monoisotopic (exact) mass is 465 g/mol. The molecule has 3 aromatic carbocycles. The van der Waals surface area contributed by atoms with Crippen molar-refractivity contribution < 1.29 is 23.5 Å². The van der Waals surface area contributed by atoms with E-state index in [1.165, 1.54) is 24.3 Å². The van der Waals surface area contributed by atoms with Gasteiger partial charge in [0.15, 0.2) is 5.70 Å². The van der Waals surface area contributed by atoms with Gasteiger partial charge in [0.25, 0.3) is 0 Å². The minimum absolute atomic E-state index is 0.0474. The molecule has 0 saturated heterocycles. The highest BCUT2D eigenvalue weighted by molar-refractivity contribution is 9.10. The summed E-state index contributed by atoms with van der Waals surface area (Å²) in [4.78, 5) is 28.4. The molecule has 0 aliphatic carbocycles. The van der Waals surface area contributed by atoms with Crippen molar-refractivity contribution in [3.63, 3.8) is 0 Å². The molecule has 0 spiro atoms. The van der Waals surface area contributed by atoms with E-state index in [1.54, 1.807) is 54.6 Å². The Morgan fingerprint density at radius 1 is 1.00 bits per heavy atom. The highest BCUT2D eigenvalue weighted by atomic mass is 79.9. The largest absolute Gasteiger partial charge is 0.423 e. The number of ether oxygens (including phenoxy) is 2. The minimum atomic E-state index is -0.669. The molecule has 0 aromatic heterocycles. The molecule has 0 fully saturated rings. The van der Waals surface area contributed by atoms with E-state index in [-0.39, 0.29) is 17.2 Å². The maximum atomic E-state index is 13.9. The summed E-state index contributed by atoms with van der Waals surface area (Å²) in [6, 6.07) is 19.4. The van der Waals surface area contributed by atoms with Crippen LogP contribution in [-0.4, -0.2) is 17.8 Å². The maximum Gasteiger partial charge on any atom is 0.363 e. The summed E-state index contributed by atoms with van der Waals surface area (Å²) in [7, 11) is 0. The first-order valence-corrected chi connectivity index (χ1v) is 9.65. The highest BCUT2D eigenvalue weighted by Crippen LogP contribution is 2.23. The van der Waals surface area contributed by atoms with Crippen molar-refractivity contribution >= 4 is 39.8 Å². The summed E-state index contributed by atoms with van der Waals surface area (Å²) in [6.07, 6.45) is 1.51. The number of hydrogen-bond acceptors (Lipinski definition) is 5. The molecule has 1 aliphatic rings. The van der Waals surface area contributed by atoms with Gasteiger partial charge in [-0.1, -0.05) is 36.4 Å². The van der Waals surface area contributed by atoms with Gasteiger partial charge in [0.1, 0.15) is 11.6 Å². The Balaban J connectivity index is 1.51. The van der Waals surface area contributed by atoms with Gasteiger partial charge in [-0.05, 0) is 64.0 Å². The van der Waals surface area contributed by atoms with Crippen LogP contribution in [0.15, 0.2) is 88.0 Å². The summed E-state index contributed by atoms with van der Waals surface area (Å²) < 4.78 is 25.0. The number of cyclic esters (lactones) is 1. The van der Waals surface area contributed by atoms with E-state index in [0.29, 0.717) is 21.3 Å². The summed E-state index contributed by atoms with van der Waals surface area (Å²) in [5.74, 6) is -1.42. The van der Waals surface area contributed by atoms with Crippen LogP contribution in [0.4, 0.5) is 4.39 Å². The van der Waals surface area contributed by atoms with E-state index in [2.05, 4.69) is 20.9 Å². The fraction of sp³-hybridized carbons (Fsp3) is 0. The summed E-state index contributed by atoms with van der Waals surface area (Å²) in [5, 5.41) is 0. The molecule has 1 heterocycles. The van der Waals surface area contributed by atoms with Crippen LogP contribution in [0.3, 0.4) is 0 Å². The van der Waals surface area contributed by atoms with Crippen molar-refractivity contribution in [3.05, 3.63) is 105 Å². The van der Waals surface area contributed by atoms with Crippen molar-refractivity contribution in [3.8, 4) is 5.75 Å². The third-order valence-corrected chi connectivity index (χ3v) is 4.90. The molecular formula is C23H13BrFNO4. The second kappa shape index (κ2) is 8.42. The molecule has 0 unspecified atom stereocenters. The number of esters is 2. The van der Waals surface area contributed by atoms with Crippen molar-refractivity contribution in [2.24, 2.45) is 4.99 Å². The second-order valence-corrected chi connectivity index (χ2v) is 7.11. The van der Waals surface area contributed by atoms with Crippen LogP contribution in [0.2, 0.25) is 0 Å². The molecule has 148 valence electrons. The van der Waals surface area contributed by atoms with Gasteiger partial charge in [0.2, 0.25) is 5.90 Å². The van der Waals surface area contributed by atoms with Crippen molar-refractivity contribution in [1.82, 2.24) is 0 Å². The molecule has 1 aliphatic heterocycles. The number of rotatable bonds is 4. The van der Waals surface area contributed by atoms with Gasteiger partial charge in [0, 0.05) is 4.47 Å². The summed E-state index contributed by atoms with van der Waals surface area (Å²) >= 11 is 3.31. The fourth-order valence-electron chi connectivity index (χ4n) is 2.74. The van der Waals surface area contributed by atoms with Gasteiger partial charge >= 0.3 is 11.9 Å². The molecule has 4 rings (SSSR count). The predicted octanol–water partition coefficient (Wildman–Crippen LogP) is 5.15. The zero-order valence-electron chi connectivity index (χ0n) is 15.3. The van der Waals surface area contributed by atoms with E-state index in [1.807, 2.05) is 0 Å². The predicted molar refractivity (Wildman–Crippen MR) is 113 cm³/mol. The van der Waals surface area contributed by atoms with Crippen molar-refractivity contribution in [2.75, 3.05) is 0 Å². The number of aliphatic imine (C=N–C) groups is 1. The average molecular weight is 466 g/mol. The number of carbonyl (C=O) groups is 2. The Kier molecular flexibility index (Phi) is 5.54. The van der Waals surface area contributed by atoms with Crippen molar-refractivity contribution in [1.29, 1.82) is 0 Å². The normalized spacial score (nSPS) is 14.4. The molecule has 0 radical (unpaired) electrons. The van der Waals surface area contributed by atoms with Gasteiger partial charge in [-0.2, -0.15) is 0 Å². The molecule has 30 heavy (non-hydrogen) atoms. The third-order valence-electron chi connectivity index (χ3n) is 4.21. The van der Waals surface area contributed by atoms with Crippen LogP contribution in [-0.2, 0) is 9.53 Å². The molecule has 0 saturated carbocycles. The number of carbonyl (C=O) groups excluding carboxylic acids is 2. The lowest BCUT2D eigenvalue weighted by Gasteiger charge is -2.06. The molecule has 3 aromatic rings. The molecule has 5 nitrogen and oxygen atoms in total. The second-order valence-electron chi connectivity index (χ2n) is 6.25. The van der Waals surface area contributed by atoms with Crippen LogP contribution < -0.4 is 4.74 Å². The Morgan fingerprint density at radius 3 is 2.43 bits per heavy atom. The lowest BCUT2D eigenvalue weighted by molar-refractivity contribution is -0.129. The van der Waals surface area contributed by atoms with E-state index in [0.717, 1.165) is 0 Å². The zero-order valence-corrected chi connectivity index (χ0v) is 16.9. The van der Waals surface area contributed by atoms with Gasteiger partial charge in [0.05, 0.1) is 11.1 Å². The van der Waals surface area contributed by atoms with E-state index in [4.69, 9.17) is 9.47 Å². The topological polar surface area (TPSA) is 65.0 Å². The third kappa shape index (κ3) is 4.21. The summed E-state index contributed by atoms with van der Waals surface area (Å²) in [5.41, 5.74) is 1.21. The van der Waals surface area contributed by atoms with Crippen LogP contribution in [0.5, 0.6) is 5.75 Å². The minimum Gasteiger partial charge on any atom is -0.423 e. The SMILES string of the molecule is O=C1OC(c2ccccc2F)=N/C1=C\c1ccc(OC(=O)c2ccccc2Br)cc1. The Bertz CT molecular complexity index is 1200. The standard InChI is InChI=1S/C23H13BrFNO4/c24-18-7-3-1-5-16(18)22(27)29-15-11-9-14(10-12-15)13-20-23(28)30-21(26-20)17-6-2-4-8-19(17)25/h1-13H/b20-13-. The molecule has 0 N–H and O–H groups in total. The zero-order chi connectivity index (χ0) is 21.1. The first-order valence-electron chi connectivity index (χ1n) is 8.85. The van der Waals surface area contributed by atoms with Gasteiger partial charge in [-0.3, -0.25) is 0 Å². The van der Waals surface area contributed by atoms with Crippen LogP contribution in [0.1, 0.15) is 21.5 Å². The highest BCUT2D eigenvalue weighted by Gasteiger charge is 2.25. The fourth-order valence-corrected chi connectivity index (χ4v) is 3.18. The Labute approximate surface area is 179 Å². The lowest BCUT2D eigenvalue weighted by Crippen LogP contribution is -2.09. The van der Waals surface area contributed by atoms with E-state index >= 15 is 0 Å². The maximum absolute atomic E-state index is 13.9. The summed E-state index contributed by atoms with van der Waals surface area (Å²) in [6.45, 7) is 0. The number of hydrogen-bond donors (Lipinski definition) is 0. The lowest BCUT2D eigenvalue weighted by atomic mass is 10.2. The van der Waals surface area contributed by atoms with Crippen molar-refractivity contribution in [2.45, 2.75) is 0 Å². The van der Waals surface area contributed by atoms with Gasteiger partial charge in [-0.25, -0.2) is 19.0 Å². The number of benzene rings is 3. The first kappa shape index (κ1) is 19.7. The van der Waals surface area contributed by atoms with Gasteiger partial charge < -0.3 is 9.47 Å². The number of halogens is 2. The average Bonchev–Trinajstić information content (AvgIpc) is 3.10. The smallest absolute Gasteiger partial charge is 0.363 e. The van der Waals surface area contributed by atoms with E-state index in [9.17, 15) is 14.0 Å². The van der Waals surface area contributed by atoms with Crippen LogP contribution in [0.25, 0.3) is 6.08 Å². The first-order chi connectivity index (χ1) is 14.5. The molecule has 7 heteroatoms. The van der Waals surface area contributed by atoms with Crippen LogP contribution in [0, 0.1) is 5.82 Å². The number of nitrogens with zero attached hydrogens (tertiary/aromatic N) is 1. The Hall–Kier alpha value is -3.58. The molecule has 0 amide bonds.